The Kier molecular flexibility index (Phi) is 5.61. The van der Waals surface area contributed by atoms with Crippen LogP contribution in [-0.2, 0) is 10.0 Å². The highest BCUT2D eigenvalue weighted by Crippen LogP contribution is 2.31. The van der Waals surface area contributed by atoms with Crippen molar-refractivity contribution in [2.24, 2.45) is 0 Å². The van der Waals surface area contributed by atoms with Crippen molar-refractivity contribution < 1.29 is 13.2 Å². The van der Waals surface area contributed by atoms with Gasteiger partial charge in [-0.2, -0.15) is 0 Å². The summed E-state index contributed by atoms with van der Waals surface area (Å²) < 4.78 is 33.9. The van der Waals surface area contributed by atoms with Gasteiger partial charge < -0.3 is 10.1 Å². The van der Waals surface area contributed by atoms with E-state index in [1.165, 1.54) is 7.11 Å². The molecule has 1 aromatic carbocycles. The number of hydrogen-bond donors (Lipinski definition) is 2. The molecule has 2 aliphatic rings. The standard InChI is InChI=1S/C16H24N2O3S.ClH/c1-10-6-11(2)16(15(7-10)21-3)22(19,20)18-14-8-12-4-5-13(9-14)17-12;/h6-7,12-14,17-18H,4-5,8-9H2,1-3H3;1H. The number of aryl methyl sites for hydroxylation is 2. The van der Waals surface area contributed by atoms with Gasteiger partial charge in [0, 0.05) is 18.1 Å². The Labute approximate surface area is 144 Å². The van der Waals surface area contributed by atoms with Crippen molar-refractivity contribution in [2.45, 2.75) is 62.6 Å². The summed E-state index contributed by atoms with van der Waals surface area (Å²) in [6.07, 6.45) is 4.03. The van der Waals surface area contributed by atoms with Gasteiger partial charge >= 0.3 is 0 Å². The molecule has 0 amide bonds. The number of benzene rings is 1. The summed E-state index contributed by atoms with van der Waals surface area (Å²) in [6.45, 7) is 3.75. The van der Waals surface area contributed by atoms with Gasteiger partial charge in [-0.3, -0.25) is 0 Å². The van der Waals surface area contributed by atoms with Gasteiger partial charge in [-0.05, 0) is 56.7 Å². The Bertz CT molecular complexity index is 666. The lowest BCUT2D eigenvalue weighted by atomic mass is 10.0. The average molecular weight is 361 g/mol. The SMILES string of the molecule is COc1cc(C)cc(C)c1S(=O)(=O)NC1CC2CCC(C1)N2.Cl. The van der Waals surface area contributed by atoms with E-state index < -0.39 is 10.0 Å². The molecule has 23 heavy (non-hydrogen) atoms. The van der Waals surface area contributed by atoms with Crippen LogP contribution < -0.4 is 14.8 Å². The van der Waals surface area contributed by atoms with Gasteiger partial charge in [-0.25, -0.2) is 13.1 Å². The number of ether oxygens (including phenoxy) is 1. The van der Waals surface area contributed by atoms with Gasteiger partial charge in [0.2, 0.25) is 10.0 Å². The number of methoxy groups -OCH3 is 1. The predicted octanol–water partition coefficient (Wildman–Crippen LogP) is 2.30. The third-order valence-corrected chi connectivity index (χ3v) is 6.37. The molecule has 2 heterocycles. The number of hydrogen-bond acceptors (Lipinski definition) is 4. The lowest BCUT2D eigenvalue weighted by Gasteiger charge is -2.29. The van der Waals surface area contributed by atoms with Crippen molar-refractivity contribution in [3.05, 3.63) is 23.3 Å². The third kappa shape index (κ3) is 3.82. The molecule has 2 unspecified atom stereocenters. The molecule has 5 nitrogen and oxygen atoms in total. The smallest absolute Gasteiger partial charge is 0.244 e. The van der Waals surface area contributed by atoms with Crippen LogP contribution in [0, 0.1) is 13.8 Å². The molecule has 2 N–H and O–H groups in total. The number of fused-ring (bicyclic) bond motifs is 2. The number of sulfonamides is 1. The van der Waals surface area contributed by atoms with E-state index in [-0.39, 0.29) is 23.3 Å². The van der Waals surface area contributed by atoms with E-state index in [2.05, 4.69) is 10.0 Å². The van der Waals surface area contributed by atoms with Crippen molar-refractivity contribution in [2.75, 3.05) is 7.11 Å². The molecule has 2 fully saturated rings. The van der Waals surface area contributed by atoms with Crippen LogP contribution in [-0.4, -0.2) is 33.7 Å². The zero-order chi connectivity index (χ0) is 15.9. The van der Waals surface area contributed by atoms with Gasteiger partial charge in [0.15, 0.2) is 0 Å². The molecule has 2 aliphatic heterocycles. The topological polar surface area (TPSA) is 67.4 Å². The molecule has 1 aromatic rings. The Balaban J connectivity index is 0.00000192. The van der Waals surface area contributed by atoms with Crippen LogP contribution in [0.2, 0.25) is 0 Å². The molecule has 0 spiro atoms. The Hall–Kier alpha value is -0.820. The normalized spacial score (nSPS) is 26.7. The van der Waals surface area contributed by atoms with E-state index >= 15 is 0 Å². The first-order valence-electron chi connectivity index (χ1n) is 7.82. The molecule has 2 atom stereocenters. The van der Waals surface area contributed by atoms with Crippen LogP contribution in [0.25, 0.3) is 0 Å². The molecule has 0 saturated carbocycles. The Morgan fingerprint density at radius 2 is 1.78 bits per heavy atom. The molecular formula is C16H25ClN2O3S. The van der Waals surface area contributed by atoms with E-state index in [0.717, 1.165) is 36.8 Å². The van der Waals surface area contributed by atoms with Crippen LogP contribution in [0.3, 0.4) is 0 Å². The zero-order valence-corrected chi connectivity index (χ0v) is 15.4. The number of halogens is 1. The van der Waals surface area contributed by atoms with Gasteiger partial charge in [0.25, 0.3) is 0 Å². The lowest BCUT2D eigenvalue weighted by molar-refractivity contribution is 0.344. The van der Waals surface area contributed by atoms with Gasteiger partial charge in [-0.15, -0.1) is 12.4 Å². The first kappa shape index (κ1) is 18.5. The van der Waals surface area contributed by atoms with Crippen LogP contribution in [0.1, 0.15) is 36.8 Å². The first-order valence-corrected chi connectivity index (χ1v) is 9.31. The average Bonchev–Trinajstić information content (AvgIpc) is 2.76. The minimum atomic E-state index is -3.57. The molecule has 130 valence electrons. The van der Waals surface area contributed by atoms with Gasteiger partial charge in [-0.1, -0.05) is 6.07 Å². The van der Waals surface area contributed by atoms with Crippen LogP contribution >= 0.6 is 12.4 Å². The monoisotopic (exact) mass is 360 g/mol. The maximum Gasteiger partial charge on any atom is 0.244 e. The highest BCUT2D eigenvalue weighted by Gasteiger charge is 2.36. The molecule has 2 saturated heterocycles. The van der Waals surface area contributed by atoms with E-state index in [4.69, 9.17) is 4.74 Å². The summed E-state index contributed by atoms with van der Waals surface area (Å²) in [5.74, 6) is 0.418. The second kappa shape index (κ2) is 6.97. The first-order chi connectivity index (χ1) is 10.4. The second-order valence-electron chi connectivity index (χ2n) is 6.54. The second-order valence-corrected chi connectivity index (χ2v) is 8.19. The van der Waals surface area contributed by atoms with Gasteiger partial charge in [0.1, 0.15) is 10.6 Å². The molecule has 0 aromatic heterocycles. The quantitative estimate of drug-likeness (QED) is 0.864. The van der Waals surface area contributed by atoms with Crippen molar-refractivity contribution in [3.63, 3.8) is 0 Å². The predicted molar refractivity (Wildman–Crippen MR) is 93.0 cm³/mol. The van der Waals surface area contributed by atoms with Crippen molar-refractivity contribution >= 4 is 22.4 Å². The number of rotatable bonds is 4. The maximum absolute atomic E-state index is 12.8. The molecule has 7 heteroatoms. The van der Waals surface area contributed by atoms with Crippen LogP contribution in [0.15, 0.2) is 17.0 Å². The van der Waals surface area contributed by atoms with E-state index in [9.17, 15) is 8.42 Å². The summed E-state index contributed by atoms with van der Waals surface area (Å²) >= 11 is 0. The van der Waals surface area contributed by atoms with E-state index in [1.54, 1.807) is 6.07 Å². The zero-order valence-electron chi connectivity index (χ0n) is 13.8. The fourth-order valence-corrected chi connectivity index (χ4v) is 5.48. The lowest BCUT2D eigenvalue weighted by Crippen LogP contribution is -2.48. The minimum absolute atomic E-state index is 0. The third-order valence-electron chi connectivity index (χ3n) is 4.67. The summed E-state index contributed by atoms with van der Waals surface area (Å²) in [5.41, 5.74) is 1.72. The van der Waals surface area contributed by atoms with Crippen molar-refractivity contribution in [3.8, 4) is 5.75 Å². The highest BCUT2D eigenvalue weighted by atomic mass is 35.5. The Morgan fingerprint density at radius 1 is 1.17 bits per heavy atom. The molecule has 2 bridgehead atoms. The molecule has 0 radical (unpaired) electrons. The summed E-state index contributed by atoms with van der Waals surface area (Å²) in [7, 11) is -2.06. The van der Waals surface area contributed by atoms with Gasteiger partial charge in [0.05, 0.1) is 7.11 Å². The highest BCUT2D eigenvalue weighted by molar-refractivity contribution is 7.89. The number of piperidine rings is 1. The minimum Gasteiger partial charge on any atom is -0.495 e. The summed E-state index contributed by atoms with van der Waals surface area (Å²) in [6, 6.07) is 4.56. The molecular weight excluding hydrogens is 336 g/mol. The van der Waals surface area contributed by atoms with Crippen LogP contribution in [0.5, 0.6) is 5.75 Å². The fourth-order valence-electron chi connectivity index (χ4n) is 3.84. The van der Waals surface area contributed by atoms with E-state index in [0.29, 0.717) is 17.8 Å². The maximum atomic E-state index is 12.8. The summed E-state index contributed by atoms with van der Waals surface area (Å²) in [5, 5.41) is 3.53. The van der Waals surface area contributed by atoms with Crippen molar-refractivity contribution in [1.29, 1.82) is 0 Å². The fraction of sp³-hybridized carbons (Fsp3) is 0.625. The van der Waals surface area contributed by atoms with E-state index in [1.807, 2.05) is 19.9 Å². The molecule has 0 aliphatic carbocycles. The Morgan fingerprint density at radius 3 is 2.35 bits per heavy atom. The molecule has 3 rings (SSSR count). The largest absolute Gasteiger partial charge is 0.495 e. The number of nitrogens with one attached hydrogen (secondary N) is 2. The summed E-state index contributed by atoms with van der Waals surface area (Å²) in [4.78, 5) is 0.270. The van der Waals surface area contributed by atoms with Crippen LogP contribution in [0.4, 0.5) is 0 Å². The van der Waals surface area contributed by atoms with Crippen molar-refractivity contribution in [1.82, 2.24) is 10.0 Å².